The number of fused-ring (bicyclic) bond motifs is 1. The van der Waals surface area contributed by atoms with Crippen molar-refractivity contribution < 1.29 is 53.7 Å². The van der Waals surface area contributed by atoms with Crippen LogP contribution in [-0.2, 0) is 38.4 Å². The third kappa shape index (κ3) is 9.90. The highest BCUT2D eigenvalue weighted by Gasteiger charge is 2.41. The van der Waals surface area contributed by atoms with Gasteiger partial charge < -0.3 is 46.8 Å². The van der Waals surface area contributed by atoms with Gasteiger partial charge in [-0.15, -0.1) is 0 Å². The molecule has 2 aliphatic rings. The molecule has 240 valence electrons. The third-order valence-corrected chi connectivity index (χ3v) is 7.00. The number of carboxylic acid groups (broad SMARTS) is 2. The summed E-state index contributed by atoms with van der Waals surface area (Å²) >= 11 is 0. The number of hydrogen-bond donors (Lipinski definition) is 8. The quantitative estimate of drug-likeness (QED) is 0.142. The molecule has 0 radical (unpaired) electrons. The van der Waals surface area contributed by atoms with Crippen molar-refractivity contribution in [2.75, 3.05) is 6.54 Å². The lowest BCUT2D eigenvalue weighted by Gasteiger charge is -2.31. The van der Waals surface area contributed by atoms with Crippen LogP contribution in [0.1, 0.15) is 59.8 Å². The Morgan fingerprint density at radius 2 is 1.30 bits per heavy atom. The highest BCUT2D eigenvalue weighted by molar-refractivity contribution is 5.99. The maximum Gasteiger partial charge on any atom is 0.305 e. The summed E-state index contributed by atoms with van der Waals surface area (Å²) in [6.45, 7) is 6.03. The zero-order valence-electron chi connectivity index (χ0n) is 24.4. The molecule has 8 N–H and O–H groups in total. The second-order valence-corrected chi connectivity index (χ2v) is 11.2. The van der Waals surface area contributed by atoms with Crippen LogP contribution in [0.25, 0.3) is 0 Å². The Kier molecular flexibility index (Phi) is 12.4. The second kappa shape index (κ2) is 15.3. The Morgan fingerprint density at radius 3 is 1.86 bits per heavy atom. The van der Waals surface area contributed by atoms with Crippen LogP contribution >= 0.6 is 0 Å². The molecule has 17 nitrogen and oxygen atoms in total. The van der Waals surface area contributed by atoms with Crippen LogP contribution in [0.3, 0.4) is 0 Å². The first kappa shape index (κ1) is 34.9. The molecule has 0 unspecified atom stereocenters. The van der Waals surface area contributed by atoms with E-state index >= 15 is 0 Å². The predicted octanol–water partition coefficient (Wildman–Crippen LogP) is -3.19. The van der Waals surface area contributed by atoms with Gasteiger partial charge >= 0.3 is 11.9 Å². The first-order chi connectivity index (χ1) is 20.0. The predicted molar refractivity (Wildman–Crippen MR) is 146 cm³/mol. The maximum atomic E-state index is 13.4. The molecule has 2 fully saturated rings. The molecule has 2 saturated heterocycles. The third-order valence-electron chi connectivity index (χ3n) is 7.00. The molecule has 17 heteroatoms. The summed E-state index contributed by atoms with van der Waals surface area (Å²) in [5, 5.41) is 40.6. The van der Waals surface area contributed by atoms with Crippen molar-refractivity contribution in [3.05, 3.63) is 0 Å². The molecule has 0 aromatic carbocycles. The van der Waals surface area contributed by atoms with Gasteiger partial charge in [-0.1, -0.05) is 13.8 Å². The number of aliphatic hydroxyl groups excluding tert-OH is 1. The lowest BCUT2D eigenvalue weighted by Crippen LogP contribution is -2.62. The first-order valence-corrected chi connectivity index (χ1v) is 14.0. The van der Waals surface area contributed by atoms with Crippen molar-refractivity contribution in [2.24, 2.45) is 5.92 Å². The molecule has 0 aromatic heterocycles. The van der Waals surface area contributed by atoms with Crippen LogP contribution in [0.4, 0.5) is 0 Å². The summed E-state index contributed by atoms with van der Waals surface area (Å²) in [6.07, 6.45) is -2.81. The van der Waals surface area contributed by atoms with Crippen LogP contribution in [-0.4, -0.2) is 117 Å². The number of nitrogens with zero attached hydrogens (tertiary/aromatic N) is 1. The summed E-state index contributed by atoms with van der Waals surface area (Å²) in [6, 6.07) is -8.79. The standard InChI is InChI=1S/C26H40N6O11/c1-11(2)8-14-22(39)29-15(9-18(34)35)23(40)31-20(13(4)33)25(42)30-16(10-19(36)37)26(43)32-7-5-6-17(32)24(41)27-12(3)21(38)28-14/h11-17,20,33H,5-10H2,1-4H3,(H,27,41)(H,28,38)(H,29,39)(H,30,42)(H,31,40)(H,34,35)(H,36,37)/t12-,13+,14-,15-,16-,17+,20-/m0/s1. The van der Waals surface area contributed by atoms with Gasteiger partial charge in [0.1, 0.15) is 36.3 Å². The number of carbonyl (C=O) groups is 8. The normalized spacial score (nSPS) is 28.8. The number of hydrogen-bond acceptors (Lipinski definition) is 9. The average Bonchev–Trinajstić information content (AvgIpc) is 3.38. The SMILES string of the molecule is CC(C)C[C@@H]1NC(=O)[C@H](C)NC(=O)[C@H]2CCCN2C(=O)[C@H](CC(=O)O)NC(=O)[C@H]([C@@H](C)O)NC(=O)[C@H](CC(=O)O)NC1=O. The summed E-state index contributed by atoms with van der Waals surface area (Å²) in [5.74, 6) is -8.74. The average molecular weight is 613 g/mol. The molecule has 0 aromatic rings. The van der Waals surface area contributed by atoms with Crippen LogP contribution in [0.2, 0.25) is 0 Å². The number of aliphatic carboxylic acids is 2. The minimum Gasteiger partial charge on any atom is -0.481 e. The summed E-state index contributed by atoms with van der Waals surface area (Å²) in [4.78, 5) is 103. The van der Waals surface area contributed by atoms with E-state index in [-0.39, 0.29) is 25.3 Å². The van der Waals surface area contributed by atoms with Crippen LogP contribution in [0.15, 0.2) is 0 Å². The largest absolute Gasteiger partial charge is 0.481 e. The highest BCUT2D eigenvalue weighted by Crippen LogP contribution is 2.20. The van der Waals surface area contributed by atoms with Crippen molar-refractivity contribution in [2.45, 2.75) is 102 Å². The Labute approximate surface area is 247 Å². The Balaban J connectivity index is 2.56. The van der Waals surface area contributed by atoms with Crippen LogP contribution < -0.4 is 26.6 Å². The lowest BCUT2D eigenvalue weighted by molar-refractivity contribution is -0.147. The van der Waals surface area contributed by atoms with Gasteiger partial charge in [-0.3, -0.25) is 38.4 Å². The molecular weight excluding hydrogens is 572 g/mol. The fourth-order valence-corrected chi connectivity index (χ4v) is 4.83. The number of aliphatic hydroxyl groups is 1. The Hall–Kier alpha value is -4.28. The van der Waals surface area contributed by atoms with Crippen molar-refractivity contribution >= 4 is 47.4 Å². The van der Waals surface area contributed by atoms with E-state index in [1.807, 2.05) is 0 Å². The topological polar surface area (TPSA) is 261 Å². The smallest absolute Gasteiger partial charge is 0.305 e. The van der Waals surface area contributed by atoms with E-state index in [4.69, 9.17) is 0 Å². The van der Waals surface area contributed by atoms with Crippen molar-refractivity contribution in [1.82, 2.24) is 31.5 Å². The lowest BCUT2D eigenvalue weighted by atomic mass is 10.0. The van der Waals surface area contributed by atoms with Crippen molar-refractivity contribution in [1.29, 1.82) is 0 Å². The fourth-order valence-electron chi connectivity index (χ4n) is 4.83. The van der Waals surface area contributed by atoms with E-state index in [0.717, 1.165) is 11.8 Å². The Bertz CT molecular complexity index is 1130. The highest BCUT2D eigenvalue weighted by atomic mass is 16.4. The van der Waals surface area contributed by atoms with Crippen LogP contribution in [0, 0.1) is 5.92 Å². The zero-order chi connectivity index (χ0) is 32.6. The van der Waals surface area contributed by atoms with E-state index in [0.29, 0.717) is 6.42 Å². The van der Waals surface area contributed by atoms with E-state index in [9.17, 15) is 53.7 Å². The minimum absolute atomic E-state index is 0.0492. The van der Waals surface area contributed by atoms with Gasteiger partial charge in [0.2, 0.25) is 35.4 Å². The molecule has 43 heavy (non-hydrogen) atoms. The van der Waals surface area contributed by atoms with Crippen molar-refractivity contribution in [3.8, 4) is 0 Å². The van der Waals surface area contributed by atoms with Gasteiger partial charge in [0.15, 0.2) is 0 Å². The molecular formula is C26H40N6O11. The molecule has 0 bridgehead atoms. The van der Waals surface area contributed by atoms with Crippen molar-refractivity contribution in [3.63, 3.8) is 0 Å². The molecule has 2 heterocycles. The van der Waals surface area contributed by atoms with Gasteiger partial charge in [0.25, 0.3) is 0 Å². The molecule has 2 aliphatic heterocycles. The molecule has 2 rings (SSSR count). The summed E-state index contributed by atoms with van der Waals surface area (Å²) in [7, 11) is 0. The summed E-state index contributed by atoms with van der Waals surface area (Å²) in [5.41, 5.74) is 0. The van der Waals surface area contributed by atoms with E-state index in [1.165, 1.54) is 6.92 Å². The van der Waals surface area contributed by atoms with Gasteiger partial charge in [-0.25, -0.2) is 0 Å². The van der Waals surface area contributed by atoms with Gasteiger partial charge in [0, 0.05) is 6.54 Å². The molecule has 0 saturated carbocycles. The molecule has 0 aliphatic carbocycles. The number of carbonyl (C=O) groups excluding carboxylic acids is 6. The minimum atomic E-state index is -1.80. The van der Waals surface area contributed by atoms with Gasteiger partial charge in [-0.2, -0.15) is 0 Å². The monoisotopic (exact) mass is 612 g/mol. The molecule has 7 atom stereocenters. The fraction of sp³-hybridized carbons (Fsp3) is 0.692. The Morgan fingerprint density at radius 1 is 0.767 bits per heavy atom. The van der Waals surface area contributed by atoms with E-state index in [2.05, 4.69) is 26.6 Å². The number of carboxylic acids is 2. The summed E-state index contributed by atoms with van der Waals surface area (Å²) < 4.78 is 0. The van der Waals surface area contributed by atoms with Gasteiger partial charge in [-0.05, 0) is 39.0 Å². The number of amides is 6. The second-order valence-electron chi connectivity index (χ2n) is 11.2. The van der Waals surface area contributed by atoms with Gasteiger partial charge in [0.05, 0.1) is 18.9 Å². The zero-order valence-corrected chi connectivity index (χ0v) is 24.4. The van der Waals surface area contributed by atoms with E-state index in [1.54, 1.807) is 13.8 Å². The maximum absolute atomic E-state index is 13.4. The van der Waals surface area contributed by atoms with Crippen LogP contribution in [0.5, 0.6) is 0 Å². The number of nitrogens with one attached hydrogen (secondary N) is 5. The molecule has 6 amide bonds. The molecule has 0 spiro atoms. The number of rotatable bonds is 7. The van der Waals surface area contributed by atoms with E-state index < -0.39 is 103 Å². The first-order valence-electron chi connectivity index (χ1n) is 14.0.